The van der Waals surface area contributed by atoms with Gasteiger partial charge in [-0.2, -0.15) is 0 Å². The van der Waals surface area contributed by atoms with Crippen LogP contribution in [0.25, 0.3) is 0 Å². The number of aryl methyl sites for hydroxylation is 2. The van der Waals surface area contributed by atoms with Crippen LogP contribution < -0.4 is 9.47 Å². The van der Waals surface area contributed by atoms with E-state index in [0.29, 0.717) is 36.9 Å². The highest BCUT2D eigenvalue weighted by Gasteiger charge is 2.31. The Morgan fingerprint density at radius 1 is 1.11 bits per heavy atom. The Labute approximate surface area is 205 Å². The first-order valence-electron chi connectivity index (χ1n) is 12.2. The molecule has 1 atom stereocenters. The van der Waals surface area contributed by atoms with Crippen molar-refractivity contribution in [1.82, 2.24) is 30.0 Å². The standard InChI is InChI=1S/C25H34N6O4/c1-4-5-7-20(29-13-15-30(16-14-29)25(32)22-8-6-17-35-22)24-26-27-28-31(24)12-11-19-9-10-21(33-2)23(18-19)34-3/h6,8-10,17-18,20H,4-5,7,11-16H2,1-3H3/t20-/m0/s1. The van der Waals surface area contributed by atoms with Crippen LogP contribution in [0.15, 0.2) is 41.0 Å². The molecule has 1 amide bonds. The van der Waals surface area contributed by atoms with Gasteiger partial charge in [0.2, 0.25) is 0 Å². The first-order chi connectivity index (χ1) is 17.1. The number of amides is 1. The lowest BCUT2D eigenvalue weighted by atomic mass is 10.1. The van der Waals surface area contributed by atoms with E-state index in [-0.39, 0.29) is 11.9 Å². The molecular formula is C25H34N6O4. The molecule has 0 saturated carbocycles. The average Bonchev–Trinajstić information content (AvgIpc) is 3.60. The lowest BCUT2D eigenvalue weighted by molar-refractivity contribution is 0.0513. The molecular weight excluding hydrogens is 448 g/mol. The van der Waals surface area contributed by atoms with Crippen molar-refractivity contribution >= 4 is 5.91 Å². The molecule has 1 aliphatic rings. The molecule has 188 valence electrons. The van der Waals surface area contributed by atoms with Crippen molar-refractivity contribution in [2.75, 3.05) is 40.4 Å². The number of piperazine rings is 1. The summed E-state index contributed by atoms with van der Waals surface area (Å²) < 4.78 is 18.0. The van der Waals surface area contributed by atoms with Crippen LogP contribution in [-0.2, 0) is 13.0 Å². The summed E-state index contributed by atoms with van der Waals surface area (Å²) in [5.41, 5.74) is 1.12. The highest BCUT2D eigenvalue weighted by molar-refractivity contribution is 5.91. The summed E-state index contributed by atoms with van der Waals surface area (Å²) in [4.78, 5) is 16.9. The van der Waals surface area contributed by atoms with E-state index in [2.05, 4.69) is 27.3 Å². The Balaban J connectivity index is 1.43. The molecule has 0 unspecified atom stereocenters. The number of carbonyl (C=O) groups is 1. The number of carbonyl (C=O) groups excluding carboxylic acids is 1. The quantitative estimate of drug-likeness (QED) is 0.411. The van der Waals surface area contributed by atoms with Gasteiger partial charge in [0, 0.05) is 32.7 Å². The van der Waals surface area contributed by atoms with Crippen LogP contribution in [0.3, 0.4) is 0 Å². The average molecular weight is 483 g/mol. The third-order valence-corrected chi connectivity index (χ3v) is 6.52. The second-order valence-corrected chi connectivity index (χ2v) is 8.66. The van der Waals surface area contributed by atoms with Crippen LogP contribution in [-0.4, -0.2) is 76.3 Å². The fourth-order valence-electron chi connectivity index (χ4n) is 4.55. The second kappa shape index (κ2) is 11.8. The van der Waals surface area contributed by atoms with E-state index in [9.17, 15) is 4.79 Å². The molecule has 1 fully saturated rings. The van der Waals surface area contributed by atoms with Crippen LogP contribution in [0.1, 0.15) is 54.2 Å². The number of unbranched alkanes of at least 4 members (excludes halogenated alkanes) is 1. The molecule has 10 heteroatoms. The monoisotopic (exact) mass is 482 g/mol. The molecule has 0 spiro atoms. The molecule has 1 aromatic carbocycles. The van der Waals surface area contributed by atoms with Gasteiger partial charge in [-0.25, -0.2) is 4.68 Å². The third kappa shape index (κ3) is 5.82. The van der Waals surface area contributed by atoms with E-state index in [1.807, 2.05) is 27.8 Å². The minimum absolute atomic E-state index is 0.0560. The second-order valence-electron chi connectivity index (χ2n) is 8.66. The number of benzene rings is 1. The van der Waals surface area contributed by atoms with E-state index in [1.54, 1.807) is 26.4 Å². The molecule has 35 heavy (non-hydrogen) atoms. The van der Waals surface area contributed by atoms with Gasteiger partial charge in [-0.15, -0.1) is 5.10 Å². The summed E-state index contributed by atoms with van der Waals surface area (Å²) >= 11 is 0. The van der Waals surface area contributed by atoms with Crippen molar-refractivity contribution in [3.05, 3.63) is 53.7 Å². The highest BCUT2D eigenvalue weighted by atomic mass is 16.5. The number of nitrogens with zero attached hydrogens (tertiary/aromatic N) is 6. The molecule has 2 aromatic heterocycles. The summed E-state index contributed by atoms with van der Waals surface area (Å²) in [6, 6.07) is 9.51. The van der Waals surface area contributed by atoms with Gasteiger partial charge in [-0.1, -0.05) is 25.8 Å². The minimum Gasteiger partial charge on any atom is -0.493 e. The van der Waals surface area contributed by atoms with E-state index in [1.165, 1.54) is 6.26 Å². The number of hydrogen-bond donors (Lipinski definition) is 0. The van der Waals surface area contributed by atoms with Gasteiger partial charge >= 0.3 is 0 Å². The number of furan rings is 1. The SMILES string of the molecule is CCCC[C@@H](c1nnnn1CCc1ccc(OC)c(OC)c1)N1CCN(C(=O)c2ccco2)CC1. The van der Waals surface area contributed by atoms with Crippen molar-refractivity contribution in [2.45, 2.75) is 45.2 Å². The zero-order valence-corrected chi connectivity index (χ0v) is 20.7. The van der Waals surface area contributed by atoms with Gasteiger partial charge in [0.25, 0.3) is 5.91 Å². The van der Waals surface area contributed by atoms with Crippen LogP contribution in [0, 0.1) is 0 Å². The molecule has 3 aromatic rings. The molecule has 1 saturated heterocycles. The number of tetrazole rings is 1. The summed E-state index contributed by atoms with van der Waals surface area (Å²) in [7, 11) is 3.27. The lowest BCUT2D eigenvalue weighted by Crippen LogP contribution is -2.50. The summed E-state index contributed by atoms with van der Waals surface area (Å²) in [5, 5.41) is 12.7. The molecule has 0 radical (unpaired) electrons. The molecule has 0 bridgehead atoms. The topological polar surface area (TPSA) is 98.7 Å². The predicted molar refractivity (Wildman–Crippen MR) is 130 cm³/mol. The third-order valence-electron chi connectivity index (χ3n) is 6.52. The molecule has 0 aliphatic carbocycles. The number of methoxy groups -OCH3 is 2. The molecule has 0 N–H and O–H groups in total. The summed E-state index contributed by atoms with van der Waals surface area (Å²) in [5.74, 6) is 2.64. The van der Waals surface area contributed by atoms with Crippen molar-refractivity contribution in [2.24, 2.45) is 0 Å². The maximum atomic E-state index is 12.7. The number of aromatic nitrogens is 4. The number of ether oxygens (including phenoxy) is 2. The van der Waals surface area contributed by atoms with E-state index in [4.69, 9.17) is 13.9 Å². The van der Waals surface area contributed by atoms with Gasteiger partial charge in [0.05, 0.1) is 26.5 Å². The van der Waals surface area contributed by atoms with Crippen molar-refractivity contribution in [1.29, 1.82) is 0 Å². The zero-order valence-electron chi connectivity index (χ0n) is 20.7. The number of rotatable bonds is 11. The van der Waals surface area contributed by atoms with E-state index < -0.39 is 0 Å². The van der Waals surface area contributed by atoms with Crippen molar-refractivity contribution < 1.29 is 18.7 Å². The van der Waals surface area contributed by atoms with Crippen LogP contribution in [0.5, 0.6) is 11.5 Å². The Kier molecular flexibility index (Phi) is 8.36. The molecule has 3 heterocycles. The lowest BCUT2D eigenvalue weighted by Gasteiger charge is -2.38. The predicted octanol–water partition coefficient (Wildman–Crippen LogP) is 3.22. The Hall–Kier alpha value is -3.40. The van der Waals surface area contributed by atoms with Gasteiger partial charge in [0.1, 0.15) is 0 Å². The highest BCUT2D eigenvalue weighted by Crippen LogP contribution is 2.29. The minimum atomic E-state index is -0.0560. The van der Waals surface area contributed by atoms with Crippen molar-refractivity contribution in [3.63, 3.8) is 0 Å². The first-order valence-corrected chi connectivity index (χ1v) is 12.2. The normalized spacial score (nSPS) is 15.2. The Morgan fingerprint density at radius 2 is 1.91 bits per heavy atom. The van der Waals surface area contributed by atoms with Gasteiger partial charge in [0.15, 0.2) is 23.1 Å². The molecule has 1 aliphatic heterocycles. The maximum absolute atomic E-state index is 12.7. The molecule has 4 rings (SSSR count). The van der Waals surface area contributed by atoms with Crippen LogP contribution in [0.2, 0.25) is 0 Å². The van der Waals surface area contributed by atoms with Gasteiger partial charge in [-0.05, 0) is 53.1 Å². The summed E-state index contributed by atoms with van der Waals surface area (Å²) in [6.45, 7) is 5.69. The van der Waals surface area contributed by atoms with E-state index >= 15 is 0 Å². The Bertz CT molecular complexity index is 1080. The largest absolute Gasteiger partial charge is 0.493 e. The van der Waals surface area contributed by atoms with Gasteiger partial charge in [-0.3, -0.25) is 9.69 Å². The first kappa shape index (κ1) is 24.7. The van der Waals surface area contributed by atoms with E-state index in [0.717, 1.165) is 50.2 Å². The van der Waals surface area contributed by atoms with Crippen LogP contribution >= 0.6 is 0 Å². The van der Waals surface area contributed by atoms with Crippen molar-refractivity contribution in [3.8, 4) is 11.5 Å². The Morgan fingerprint density at radius 3 is 2.60 bits per heavy atom. The fourth-order valence-corrected chi connectivity index (χ4v) is 4.55. The number of hydrogen-bond acceptors (Lipinski definition) is 8. The fraction of sp³-hybridized carbons (Fsp3) is 0.520. The zero-order chi connectivity index (χ0) is 24.6. The summed E-state index contributed by atoms with van der Waals surface area (Å²) in [6.07, 6.45) is 5.45. The van der Waals surface area contributed by atoms with Crippen LogP contribution in [0.4, 0.5) is 0 Å². The van der Waals surface area contributed by atoms with Gasteiger partial charge < -0.3 is 18.8 Å². The smallest absolute Gasteiger partial charge is 0.289 e. The molecule has 10 nitrogen and oxygen atoms in total. The maximum Gasteiger partial charge on any atom is 0.289 e.